The number of benzene rings is 1. The number of hydrogen-bond acceptors (Lipinski definition) is 3. The van der Waals surface area contributed by atoms with Crippen LogP contribution in [0.3, 0.4) is 0 Å². The summed E-state index contributed by atoms with van der Waals surface area (Å²) in [6, 6.07) is 8.21. The number of ether oxygens (including phenoxy) is 1. The van der Waals surface area contributed by atoms with E-state index in [-0.39, 0.29) is 24.7 Å². The summed E-state index contributed by atoms with van der Waals surface area (Å²) in [4.78, 5) is 31.9. The predicted molar refractivity (Wildman–Crippen MR) is 94.1 cm³/mol. The third kappa shape index (κ3) is 3.26. The van der Waals surface area contributed by atoms with Gasteiger partial charge in [-0.3, -0.25) is 9.59 Å². The first-order valence-electron chi connectivity index (χ1n) is 8.94. The zero-order valence-corrected chi connectivity index (χ0v) is 14.3. The van der Waals surface area contributed by atoms with Crippen molar-refractivity contribution in [3.05, 3.63) is 35.5 Å². The molecule has 0 atom stereocenters. The molecule has 2 amide bonds. The molecule has 6 heteroatoms. The van der Waals surface area contributed by atoms with Crippen LogP contribution >= 0.6 is 0 Å². The number of morpholine rings is 1. The van der Waals surface area contributed by atoms with Crippen LogP contribution in [0.4, 0.5) is 0 Å². The number of hydrogen-bond donors (Lipinski definition) is 1. The molecule has 0 saturated carbocycles. The SMILES string of the molecule is O=C(CCC(=O)N1CCc2[nH]c3ccccc3c2C1)N1CCOCC1. The van der Waals surface area contributed by atoms with Crippen molar-refractivity contribution < 1.29 is 14.3 Å². The fraction of sp³-hybridized carbons (Fsp3) is 0.474. The zero-order valence-electron chi connectivity index (χ0n) is 14.3. The molecule has 0 radical (unpaired) electrons. The van der Waals surface area contributed by atoms with Crippen LogP contribution < -0.4 is 0 Å². The average molecular weight is 341 g/mol. The number of carbonyl (C=O) groups is 2. The third-order valence-corrected chi connectivity index (χ3v) is 5.15. The molecule has 3 heterocycles. The number of carbonyl (C=O) groups excluding carboxylic acids is 2. The summed E-state index contributed by atoms with van der Waals surface area (Å²) in [6.07, 6.45) is 1.41. The van der Waals surface area contributed by atoms with Crippen LogP contribution in [0.25, 0.3) is 10.9 Å². The minimum Gasteiger partial charge on any atom is -0.378 e. The molecule has 2 aliphatic rings. The second kappa shape index (κ2) is 6.88. The zero-order chi connectivity index (χ0) is 17.2. The summed E-state index contributed by atoms with van der Waals surface area (Å²) in [6.45, 7) is 3.80. The average Bonchev–Trinajstić information content (AvgIpc) is 3.04. The van der Waals surface area contributed by atoms with Crippen LogP contribution in [-0.2, 0) is 27.3 Å². The first-order chi connectivity index (χ1) is 12.2. The predicted octanol–water partition coefficient (Wildman–Crippen LogP) is 1.69. The second-order valence-corrected chi connectivity index (χ2v) is 6.69. The highest BCUT2D eigenvalue weighted by molar-refractivity contribution is 5.87. The molecule has 1 fully saturated rings. The minimum atomic E-state index is 0.0569. The van der Waals surface area contributed by atoms with Gasteiger partial charge in [-0.15, -0.1) is 0 Å². The summed E-state index contributed by atoms with van der Waals surface area (Å²) in [5.74, 6) is 0.124. The van der Waals surface area contributed by atoms with Gasteiger partial charge in [-0.1, -0.05) is 18.2 Å². The van der Waals surface area contributed by atoms with Crippen LogP contribution in [0.15, 0.2) is 24.3 Å². The molecule has 1 N–H and O–H groups in total. The van der Waals surface area contributed by atoms with E-state index < -0.39 is 0 Å². The van der Waals surface area contributed by atoms with Gasteiger partial charge in [0.05, 0.1) is 13.2 Å². The number of rotatable bonds is 3. The van der Waals surface area contributed by atoms with Crippen molar-refractivity contribution in [1.29, 1.82) is 0 Å². The summed E-state index contributed by atoms with van der Waals surface area (Å²) in [5, 5.41) is 1.19. The van der Waals surface area contributed by atoms with Crippen molar-refractivity contribution in [2.24, 2.45) is 0 Å². The lowest BCUT2D eigenvalue weighted by Gasteiger charge is -2.29. The quantitative estimate of drug-likeness (QED) is 0.924. The van der Waals surface area contributed by atoms with Gasteiger partial charge in [0.25, 0.3) is 0 Å². The van der Waals surface area contributed by atoms with E-state index >= 15 is 0 Å². The molecule has 0 bridgehead atoms. The lowest BCUT2D eigenvalue weighted by molar-refractivity contribution is -0.139. The van der Waals surface area contributed by atoms with E-state index in [1.165, 1.54) is 16.6 Å². The molecule has 132 valence electrons. The number of aromatic amines is 1. The summed E-state index contributed by atoms with van der Waals surface area (Å²) in [7, 11) is 0. The van der Waals surface area contributed by atoms with Crippen molar-refractivity contribution in [1.82, 2.24) is 14.8 Å². The topological polar surface area (TPSA) is 65.6 Å². The number of nitrogens with zero attached hydrogens (tertiary/aromatic N) is 2. The van der Waals surface area contributed by atoms with Crippen molar-refractivity contribution in [3.63, 3.8) is 0 Å². The molecule has 0 unspecified atom stereocenters. The molecule has 4 rings (SSSR count). The molecule has 6 nitrogen and oxygen atoms in total. The van der Waals surface area contributed by atoms with Gasteiger partial charge in [0.2, 0.25) is 11.8 Å². The Morgan fingerprint density at radius 3 is 2.52 bits per heavy atom. The van der Waals surface area contributed by atoms with Crippen LogP contribution in [0, 0.1) is 0 Å². The Morgan fingerprint density at radius 1 is 1.00 bits per heavy atom. The number of amides is 2. The van der Waals surface area contributed by atoms with Crippen LogP contribution in [0.5, 0.6) is 0 Å². The maximum absolute atomic E-state index is 12.6. The Morgan fingerprint density at radius 2 is 1.72 bits per heavy atom. The van der Waals surface area contributed by atoms with Gasteiger partial charge in [-0.2, -0.15) is 0 Å². The molecule has 1 aromatic carbocycles. The van der Waals surface area contributed by atoms with Crippen LogP contribution in [-0.4, -0.2) is 59.4 Å². The minimum absolute atomic E-state index is 0.0569. The molecule has 0 aliphatic carbocycles. The fourth-order valence-electron chi connectivity index (χ4n) is 3.72. The molecular weight excluding hydrogens is 318 g/mol. The highest BCUT2D eigenvalue weighted by Gasteiger charge is 2.25. The van der Waals surface area contributed by atoms with Gasteiger partial charge in [0, 0.05) is 67.6 Å². The maximum atomic E-state index is 12.6. The molecule has 1 aromatic heterocycles. The Hall–Kier alpha value is -2.34. The summed E-state index contributed by atoms with van der Waals surface area (Å²) < 4.78 is 5.26. The lowest BCUT2D eigenvalue weighted by Crippen LogP contribution is -2.41. The monoisotopic (exact) mass is 341 g/mol. The van der Waals surface area contributed by atoms with Gasteiger partial charge in [-0.25, -0.2) is 0 Å². The highest BCUT2D eigenvalue weighted by Crippen LogP contribution is 2.27. The Labute approximate surface area is 146 Å². The smallest absolute Gasteiger partial charge is 0.223 e. The number of nitrogens with one attached hydrogen (secondary N) is 1. The number of H-pyrrole nitrogens is 1. The molecule has 25 heavy (non-hydrogen) atoms. The Balaban J connectivity index is 1.38. The van der Waals surface area contributed by atoms with E-state index in [0.717, 1.165) is 11.9 Å². The van der Waals surface area contributed by atoms with E-state index in [0.29, 0.717) is 39.4 Å². The fourth-order valence-corrected chi connectivity index (χ4v) is 3.72. The van der Waals surface area contributed by atoms with Crippen molar-refractivity contribution in [2.45, 2.75) is 25.8 Å². The number of fused-ring (bicyclic) bond motifs is 3. The van der Waals surface area contributed by atoms with Crippen LogP contribution in [0.1, 0.15) is 24.1 Å². The molecule has 0 spiro atoms. The normalized spacial score (nSPS) is 17.6. The largest absolute Gasteiger partial charge is 0.378 e. The number of aromatic nitrogens is 1. The lowest BCUT2D eigenvalue weighted by atomic mass is 10.0. The second-order valence-electron chi connectivity index (χ2n) is 6.69. The van der Waals surface area contributed by atoms with E-state index in [9.17, 15) is 9.59 Å². The first kappa shape index (κ1) is 16.1. The Bertz CT molecular complexity index is 792. The van der Waals surface area contributed by atoms with Gasteiger partial charge in [-0.05, 0) is 6.07 Å². The molecule has 2 aliphatic heterocycles. The van der Waals surface area contributed by atoms with Gasteiger partial charge in [0.1, 0.15) is 0 Å². The van der Waals surface area contributed by atoms with Crippen molar-refractivity contribution in [2.75, 3.05) is 32.8 Å². The maximum Gasteiger partial charge on any atom is 0.223 e. The molecule has 1 saturated heterocycles. The van der Waals surface area contributed by atoms with E-state index in [4.69, 9.17) is 4.74 Å². The van der Waals surface area contributed by atoms with E-state index in [2.05, 4.69) is 17.1 Å². The van der Waals surface area contributed by atoms with Crippen LogP contribution in [0.2, 0.25) is 0 Å². The number of para-hydroxylation sites is 1. The van der Waals surface area contributed by atoms with Gasteiger partial charge in [0.15, 0.2) is 0 Å². The van der Waals surface area contributed by atoms with Gasteiger partial charge >= 0.3 is 0 Å². The highest BCUT2D eigenvalue weighted by atomic mass is 16.5. The van der Waals surface area contributed by atoms with Crippen molar-refractivity contribution in [3.8, 4) is 0 Å². The molecular formula is C19H23N3O3. The van der Waals surface area contributed by atoms with Gasteiger partial charge < -0.3 is 19.5 Å². The van der Waals surface area contributed by atoms with E-state index in [1.807, 2.05) is 17.0 Å². The first-order valence-corrected chi connectivity index (χ1v) is 8.94. The van der Waals surface area contributed by atoms with E-state index in [1.54, 1.807) is 4.90 Å². The summed E-state index contributed by atoms with van der Waals surface area (Å²) >= 11 is 0. The Kier molecular flexibility index (Phi) is 4.44. The molecule has 2 aromatic rings. The third-order valence-electron chi connectivity index (χ3n) is 5.15. The standard InChI is InChI=1S/C19H23N3O3/c23-18(21-9-11-25-12-10-21)5-6-19(24)22-8-7-17-15(13-22)14-3-1-2-4-16(14)20-17/h1-4,20H,5-13H2. The van der Waals surface area contributed by atoms with Crippen molar-refractivity contribution >= 4 is 22.7 Å². The summed E-state index contributed by atoms with van der Waals surface area (Å²) in [5.41, 5.74) is 3.58.